The zero-order valence-electron chi connectivity index (χ0n) is 8.49. The van der Waals surface area contributed by atoms with Crippen LogP contribution in [-0.4, -0.2) is 31.5 Å². The maximum absolute atomic E-state index is 10.8. The molecule has 0 atom stereocenters. The number of aliphatic hydroxyl groups excluding tert-OH is 1. The molecule has 0 aromatic heterocycles. The molecule has 0 aliphatic rings. The van der Waals surface area contributed by atoms with E-state index in [0.29, 0.717) is 5.70 Å². The first-order valence-electron chi connectivity index (χ1n) is 4.15. The second kappa shape index (κ2) is 7.03. The van der Waals surface area contributed by atoms with Crippen LogP contribution in [0.3, 0.4) is 0 Å². The lowest BCUT2D eigenvalue weighted by Crippen LogP contribution is -1.97. The minimum Gasteiger partial charge on any atom is -0.469 e. The van der Waals surface area contributed by atoms with Crippen molar-refractivity contribution in [3.63, 3.8) is 0 Å². The summed E-state index contributed by atoms with van der Waals surface area (Å²) >= 11 is 0. The van der Waals surface area contributed by atoms with E-state index in [0.717, 1.165) is 5.57 Å². The van der Waals surface area contributed by atoms with Crippen molar-refractivity contribution < 1.29 is 14.6 Å². The Hall–Kier alpha value is -1.42. The number of aliphatic imine (C=N–C) groups is 1. The van der Waals surface area contributed by atoms with Gasteiger partial charge in [-0.1, -0.05) is 11.6 Å². The van der Waals surface area contributed by atoms with Crippen molar-refractivity contribution in [1.29, 1.82) is 0 Å². The second-order valence-corrected chi connectivity index (χ2v) is 2.68. The van der Waals surface area contributed by atoms with Gasteiger partial charge >= 0.3 is 5.97 Å². The molecule has 0 saturated heterocycles. The Balaban J connectivity index is 4.31. The number of carbonyl (C=O) groups is 1. The van der Waals surface area contributed by atoms with Crippen LogP contribution >= 0.6 is 0 Å². The highest BCUT2D eigenvalue weighted by atomic mass is 16.5. The number of aliphatic hydroxyl groups is 1. The maximum atomic E-state index is 10.8. The fourth-order valence-corrected chi connectivity index (χ4v) is 0.791. The predicted molar refractivity (Wildman–Crippen MR) is 55.1 cm³/mol. The van der Waals surface area contributed by atoms with E-state index in [2.05, 4.69) is 16.4 Å². The quantitative estimate of drug-likeness (QED) is 0.407. The third kappa shape index (κ3) is 5.27. The molecule has 0 aliphatic carbocycles. The van der Waals surface area contributed by atoms with Gasteiger partial charge in [0.05, 0.1) is 25.8 Å². The average Bonchev–Trinajstić information content (AvgIpc) is 2.22. The molecule has 4 heteroatoms. The Morgan fingerprint density at radius 1 is 1.64 bits per heavy atom. The van der Waals surface area contributed by atoms with Crippen LogP contribution in [0.2, 0.25) is 0 Å². The molecule has 1 N–H and O–H groups in total. The molecule has 0 aliphatic heterocycles. The number of hydrogen-bond acceptors (Lipinski definition) is 4. The molecule has 4 nitrogen and oxygen atoms in total. The Kier molecular flexibility index (Phi) is 6.32. The van der Waals surface area contributed by atoms with Crippen molar-refractivity contribution in [1.82, 2.24) is 0 Å². The Bertz CT molecular complexity index is 267. The van der Waals surface area contributed by atoms with Gasteiger partial charge in [0.25, 0.3) is 0 Å². The minimum atomic E-state index is -0.296. The molecular formula is C10H15NO3. The van der Waals surface area contributed by atoms with Crippen LogP contribution in [0.4, 0.5) is 0 Å². The van der Waals surface area contributed by atoms with Gasteiger partial charge in [0.1, 0.15) is 0 Å². The number of rotatable bonds is 5. The van der Waals surface area contributed by atoms with E-state index in [9.17, 15) is 4.79 Å². The smallest absolute Gasteiger partial charge is 0.309 e. The normalized spacial score (nSPS) is 12.5. The van der Waals surface area contributed by atoms with Crippen molar-refractivity contribution in [2.75, 3.05) is 13.7 Å². The van der Waals surface area contributed by atoms with E-state index < -0.39 is 0 Å². The largest absolute Gasteiger partial charge is 0.469 e. The summed E-state index contributed by atoms with van der Waals surface area (Å²) in [5, 5.41) is 8.78. The summed E-state index contributed by atoms with van der Waals surface area (Å²) in [6.45, 7) is 4.95. The van der Waals surface area contributed by atoms with E-state index in [1.54, 1.807) is 12.2 Å². The maximum Gasteiger partial charge on any atom is 0.309 e. The molecule has 0 fully saturated rings. The number of methoxy groups -OCH3 is 1. The topological polar surface area (TPSA) is 58.9 Å². The lowest BCUT2D eigenvalue weighted by Gasteiger charge is -1.97. The third-order valence-corrected chi connectivity index (χ3v) is 1.58. The third-order valence-electron chi connectivity index (χ3n) is 1.58. The van der Waals surface area contributed by atoms with Gasteiger partial charge in [-0.25, -0.2) is 0 Å². The van der Waals surface area contributed by atoms with Gasteiger partial charge in [0.2, 0.25) is 0 Å². The lowest BCUT2D eigenvalue weighted by atomic mass is 10.2. The van der Waals surface area contributed by atoms with Gasteiger partial charge in [-0.2, -0.15) is 0 Å². The fourth-order valence-electron chi connectivity index (χ4n) is 0.791. The number of nitrogens with zero attached hydrogens (tertiary/aromatic N) is 1. The Labute approximate surface area is 83.6 Å². The Morgan fingerprint density at radius 2 is 2.29 bits per heavy atom. The number of allylic oxidation sites excluding steroid dienone is 2. The predicted octanol–water partition coefficient (Wildman–Crippen LogP) is 1.07. The van der Waals surface area contributed by atoms with Crippen LogP contribution in [0.5, 0.6) is 0 Å². The van der Waals surface area contributed by atoms with Gasteiger partial charge in [-0.3, -0.25) is 9.79 Å². The minimum absolute atomic E-state index is 0.160. The molecule has 14 heavy (non-hydrogen) atoms. The second-order valence-electron chi connectivity index (χ2n) is 2.68. The van der Waals surface area contributed by atoms with E-state index in [1.165, 1.54) is 7.11 Å². The van der Waals surface area contributed by atoms with Crippen molar-refractivity contribution in [3.8, 4) is 0 Å². The van der Waals surface area contributed by atoms with Gasteiger partial charge in [-0.15, -0.1) is 0 Å². The number of esters is 1. The summed E-state index contributed by atoms with van der Waals surface area (Å²) in [6, 6.07) is 0. The van der Waals surface area contributed by atoms with Gasteiger partial charge in [0, 0.05) is 0 Å². The number of carbonyl (C=O) groups excluding carboxylic acids is 1. The summed E-state index contributed by atoms with van der Waals surface area (Å²) in [6.07, 6.45) is 3.58. The lowest BCUT2D eigenvalue weighted by molar-refractivity contribution is -0.139. The zero-order valence-corrected chi connectivity index (χ0v) is 8.49. The summed E-state index contributed by atoms with van der Waals surface area (Å²) in [4.78, 5) is 14.4. The molecule has 78 valence electrons. The summed E-state index contributed by atoms with van der Waals surface area (Å²) in [5.74, 6) is -0.296. The highest BCUT2D eigenvalue weighted by molar-refractivity contribution is 5.71. The molecule has 0 rings (SSSR count). The van der Waals surface area contributed by atoms with Crippen LogP contribution < -0.4 is 0 Å². The van der Waals surface area contributed by atoms with E-state index in [1.807, 2.05) is 6.92 Å². The van der Waals surface area contributed by atoms with Crippen molar-refractivity contribution in [2.24, 2.45) is 4.99 Å². The van der Waals surface area contributed by atoms with E-state index in [4.69, 9.17) is 5.11 Å². The molecular weight excluding hydrogens is 182 g/mol. The molecule has 0 bridgehead atoms. The van der Waals surface area contributed by atoms with Crippen LogP contribution in [0.15, 0.2) is 28.4 Å². The molecule has 0 unspecified atom stereocenters. The SMILES string of the molecule is C=N/C(=C\C(C)=C/CC(=O)OC)CO. The van der Waals surface area contributed by atoms with E-state index >= 15 is 0 Å². The van der Waals surface area contributed by atoms with E-state index in [-0.39, 0.29) is 19.0 Å². The molecule has 0 saturated carbocycles. The summed E-state index contributed by atoms with van der Waals surface area (Å²) in [5.41, 5.74) is 1.32. The summed E-state index contributed by atoms with van der Waals surface area (Å²) < 4.78 is 4.47. The average molecular weight is 197 g/mol. The van der Waals surface area contributed by atoms with Gasteiger partial charge in [-0.05, 0) is 19.7 Å². The standard InChI is InChI=1S/C10H15NO3/c1-8(4-5-10(13)14-3)6-9(7-12)11-2/h4,6,12H,2,5,7H2,1,3H3/b8-4-,9-6-. The molecule has 0 aromatic carbocycles. The first-order valence-corrected chi connectivity index (χ1v) is 4.15. The van der Waals surface area contributed by atoms with Crippen LogP contribution in [0.25, 0.3) is 0 Å². The highest BCUT2D eigenvalue weighted by Gasteiger charge is 1.96. The van der Waals surface area contributed by atoms with Crippen LogP contribution in [0, 0.1) is 0 Å². The van der Waals surface area contributed by atoms with Gasteiger partial charge in [0.15, 0.2) is 0 Å². The molecule has 0 aromatic rings. The molecule has 0 heterocycles. The van der Waals surface area contributed by atoms with Crippen molar-refractivity contribution in [3.05, 3.63) is 23.4 Å². The fraction of sp³-hybridized carbons (Fsp3) is 0.400. The summed E-state index contributed by atoms with van der Waals surface area (Å²) in [7, 11) is 1.34. The Morgan fingerprint density at radius 3 is 2.71 bits per heavy atom. The molecule has 0 spiro atoms. The number of ether oxygens (including phenoxy) is 1. The van der Waals surface area contributed by atoms with Crippen LogP contribution in [0.1, 0.15) is 13.3 Å². The van der Waals surface area contributed by atoms with Crippen molar-refractivity contribution in [2.45, 2.75) is 13.3 Å². The van der Waals surface area contributed by atoms with Crippen LogP contribution in [-0.2, 0) is 9.53 Å². The zero-order chi connectivity index (χ0) is 11.0. The van der Waals surface area contributed by atoms with Crippen molar-refractivity contribution >= 4 is 12.7 Å². The molecule has 0 amide bonds. The number of hydrogen-bond donors (Lipinski definition) is 1. The highest BCUT2D eigenvalue weighted by Crippen LogP contribution is 2.03. The first-order chi connectivity index (χ1) is 6.63. The first kappa shape index (κ1) is 12.6. The van der Waals surface area contributed by atoms with Gasteiger partial charge < -0.3 is 9.84 Å². The monoisotopic (exact) mass is 197 g/mol. The molecule has 0 radical (unpaired) electrons.